The van der Waals surface area contributed by atoms with E-state index in [0.717, 1.165) is 60.9 Å². The third kappa shape index (κ3) is 7.77. The lowest BCUT2D eigenvalue weighted by atomic mass is 9.94. The number of aromatic nitrogens is 2. The van der Waals surface area contributed by atoms with Gasteiger partial charge in [-0.2, -0.15) is 0 Å². The van der Waals surface area contributed by atoms with E-state index in [2.05, 4.69) is 0 Å². The van der Waals surface area contributed by atoms with Crippen LogP contribution in [0.2, 0.25) is 5.02 Å². The molecule has 4 aromatic carbocycles. The van der Waals surface area contributed by atoms with E-state index in [1.807, 2.05) is 34.9 Å². The molecule has 0 radical (unpaired) electrons. The highest BCUT2D eigenvalue weighted by Crippen LogP contribution is 2.38. The maximum Gasteiger partial charge on any atom is 0.340 e. The molecule has 4 N–H and O–H groups in total. The fourth-order valence-electron chi connectivity index (χ4n) is 8.08. The summed E-state index contributed by atoms with van der Waals surface area (Å²) >= 11 is 6.16. The number of ether oxygens (including phenoxy) is 3. The van der Waals surface area contributed by atoms with Crippen LogP contribution in [0, 0.1) is 5.82 Å². The van der Waals surface area contributed by atoms with Crippen molar-refractivity contribution < 1.29 is 53.4 Å². The van der Waals surface area contributed by atoms with Gasteiger partial charge in [-0.3, -0.25) is 4.79 Å². The van der Waals surface area contributed by atoms with E-state index in [-0.39, 0.29) is 35.4 Å². The summed E-state index contributed by atoms with van der Waals surface area (Å²) in [5.74, 6) is -2.49. The van der Waals surface area contributed by atoms with Crippen LogP contribution in [0.15, 0.2) is 78.9 Å². The minimum atomic E-state index is -1.94. The Kier molecular flexibility index (Phi) is 11.2. The van der Waals surface area contributed by atoms with Gasteiger partial charge in [0.2, 0.25) is 12.2 Å². The third-order valence-corrected chi connectivity index (χ3v) is 11.4. The van der Waals surface area contributed by atoms with Crippen molar-refractivity contribution in [2.75, 3.05) is 11.4 Å². The lowest BCUT2D eigenvalue weighted by Gasteiger charge is -2.37. The topological polar surface area (TPSA) is 181 Å². The number of nitrogens with zero attached hydrogens (tertiary/aromatic N) is 3. The number of aliphatic hydroxyl groups is 3. The Morgan fingerprint density at radius 1 is 0.879 bits per heavy atom. The molecule has 3 heterocycles. The van der Waals surface area contributed by atoms with Crippen LogP contribution < -0.4 is 9.64 Å². The second kappa shape index (κ2) is 16.5. The van der Waals surface area contributed by atoms with Crippen molar-refractivity contribution in [2.24, 2.45) is 0 Å². The molecule has 0 bridgehead atoms. The van der Waals surface area contributed by atoms with E-state index in [1.54, 1.807) is 35.2 Å². The van der Waals surface area contributed by atoms with Crippen molar-refractivity contribution in [2.45, 2.75) is 88.3 Å². The van der Waals surface area contributed by atoms with Gasteiger partial charge in [0.1, 0.15) is 42.3 Å². The van der Waals surface area contributed by atoms with Gasteiger partial charge in [-0.25, -0.2) is 19.0 Å². The number of carboxylic acid groups (broad SMARTS) is 1. The Bertz CT molecular complexity index is 2360. The predicted octanol–water partition coefficient (Wildman–Crippen LogP) is 6.42. The van der Waals surface area contributed by atoms with Crippen molar-refractivity contribution in [3.05, 3.63) is 101 Å². The predicted molar refractivity (Wildman–Crippen MR) is 210 cm³/mol. The van der Waals surface area contributed by atoms with Crippen LogP contribution in [-0.2, 0) is 25.7 Å². The first-order valence-electron chi connectivity index (χ1n) is 19.2. The molecule has 13 nitrogen and oxygen atoms in total. The van der Waals surface area contributed by atoms with Gasteiger partial charge in [-0.1, -0.05) is 49.1 Å². The van der Waals surface area contributed by atoms with Gasteiger partial charge >= 0.3 is 11.9 Å². The summed E-state index contributed by atoms with van der Waals surface area (Å²) in [7, 11) is 0. The molecule has 0 spiro atoms. The van der Waals surface area contributed by atoms with E-state index in [1.165, 1.54) is 18.2 Å². The average molecular weight is 814 g/mol. The van der Waals surface area contributed by atoms with Crippen molar-refractivity contribution in [3.8, 4) is 28.3 Å². The number of fused-ring (bicyclic) bond motifs is 1. The average Bonchev–Trinajstić information content (AvgIpc) is 3.83. The number of hydrogen-bond donors (Lipinski definition) is 4. The molecule has 302 valence electrons. The number of imidazole rings is 1. The van der Waals surface area contributed by atoms with Crippen LogP contribution in [-0.4, -0.2) is 85.1 Å². The number of benzene rings is 4. The molecule has 5 atom stereocenters. The second-order valence-corrected chi connectivity index (χ2v) is 15.3. The Labute approximate surface area is 337 Å². The third-order valence-electron chi connectivity index (χ3n) is 11.1. The molecular weight excluding hydrogens is 773 g/mol. The SMILES string of the molecule is O=C(O[C@@H]1OC(C(=O)O)[C@@H](O)[C@H](O)[C@H]1O)c1ccc2c(c1)nc(-c1ccc(OCc3cc(N4CCCC4=O)ccc3-c3ccc(Cl)cc3)cc1F)n2C1CCCCC1. The second-order valence-electron chi connectivity index (χ2n) is 14.9. The zero-order valence-corrected chi connectivity index (χ0v) is 31.9. The summed E-state index contributed by atoms with van der Waals surface area (Å²) < 4.78 is 34.9. The molecule has 1 aliphatic carbocycles. The quantitative estimate of drug-likeness (QED) is 0.114. The molecule has 3 fully saturated rings. The van der Waals surface area contributed by atoms with Crippen molar-refractivity contribution in [3.63, 3.8) is 0 Å². The molecule has 8 rings (SSSR count). The van der Waals surface area contributed by atoms with Gasteiger partial charge in [-0.05, 0) is 90.6 Å². The molecule has 58 heavy (non-hydrogen) atoms. The van der Waals surface area contributed by atoms with Gasteiger partial charge in [-0.15, -0.1) is 0 Å². The lowest BCUT2D eigenvalue weighted by Crippen LogP contribution is -2.60. The number of hydrogen-bond acceptors (Lipinski definition) is 10. The van der Waals surface area contributed by atoms with Gasteiger partial charge < -0.3 is 44.1 Å². The summed E-state index contributed by atoms with van der Waals surface area (Å²) in [6.45, 7) is 0.722. The number of anilines is 1. The number of carboxylic acids is 1. The molecule has 1 saturated carbocycles. The van der Waals surface area contributed by atoms with Gasteiger partial charge in [0.05, 0.1) is 22.2 Å². The Balaban J connectivity index is 1.07. The summed E-state index contributed by atoms with van der Waals surface area (Å²) in [6, 6.07) is 22.4. The standard InChI is InChI=1S/C43H41ClFN3O10/c44-26-11-8-23(9-12-26)30-15-13-28(47-18-4-7-35(47)49)19-25(30)22-56-29-14-16-31(32(45)21-29)40-46-33-20-24(10-17-34(33)48(40)27-5-2-1-3-6-27)42(55)58-43-38(52)36(50)37(51)39(57-43)41(53)54/h8-17,19-21,27,36-39,43,50-52H,1-7,18,22H2,(H,53,54)/t36-,37-,38+,39?,43-/m0/s1. The molecule has 1 unspecified atom stereocenters. The first-order chi connectivity index (χ1) is 28.0. The number of rotatable bonds is 10. The van der Waals surface area contributed by atoms with Crippen LogP contribution >= 0.6 is 11.6 Å². The summed E-state index contributed by atoms with van der Waals surface area (Å²) in [5, 5.41) is 40.5. The zero-order chi connectivity index (χ0) is 40.7. The number of aliphatic carboxylic acids is 1. The number of carbonyl (C=O) groups excluding carboxylic acids is 2. The monoisotopic (exact) mass is 813 g/mol. The first-order valence-corrected chi connectivity index (χ1v) is 19.6. The van der Waals surface area contributed by atoms with Crippen molar-refractivity contribution in [1.82, 2.24) is 9.55 Å². The Hall–Kier alpha value is -5.38. The molecule has 2 saturated heterocycles. The van der Waals surface area contributed by atoms with Crippen molar-refractivity contribution in [1.29, 1.82) is 0 Å². The van der Waals surface area contributed by atoms with Gasteiger partial charge in [0, 0.05) is 35.8 Å². The van der Waals surface area contributed by atoms with Crippen molar-refractivity contribution >= 4 is 46.2 Å². The summed E-state index contributed by atoms with van der Waals surface area (Å²) in [4.78, 5) is 43.9. The van der Waals surface area contributed by atoms with Gasteiger partial charge in [0.25, 0.3) is 0 Å². The minimum absolute atomic E-state index is 0.00888. The lowest BCUT2D eigenvalue weighted by molar-refractivity contribution is -0.278. The molecule has 5 aromatic rings. The maximum absolute atomic E-state index is 16.3. The van der Waals surface area contributed by atoms with E-state index in [4.69, 9.17) is 30.8 Å². The smallest absolute Gasteiger partial charge is 0.340 e. The molecule has 1 aromatic heterocycles. The normalized spacial score (nSPS) is 22.7. The van der Waals surface area contributed by atoms with Crippen LogP contribution in [0.3, 0.4) is 0 Å². The molecule has 1 amide bonds. The molecule has 15 heteroatoms. The van der Waals surface area contributed by atoms with E-state index in [9.17, 15) is 34.8 Å². The van der Waals surface area contributed by atoms with Crippen LogP contribution in [0.5, 0.6) is 5.75 Å². The van der Waals surface area contributed by atoms with E-state index in [0.29, 0.717) is 34.8 Å². The first kappa shape index (κ1) is 39.4. The van der Waals surface area contributed by atoms with E-state index < -0.39 is 48.5 Å². The number of aliphatic hydroxyl groups excluding tert-OH is 3. The number of esters is 1. The minimum Gasteiger partial charge on any atom is -0.489 e. The number of halogens is 2. The zero-order valence-electron chi connectivity index (χ0n) is 31.2. The summed E-state index contributed by atoms with van der Waals surface area (Å²) in [5.41, 5.74) is 4.59. The molecule has 3 aliphatic rings. The molecular formula is C43H41ClFN3O10. The highest BCUT2D eigenvalue weighted by Gasteiger charge is 2.48. The van der Waals surface area contributed by atoms with Crippen LogP contribution in [0.1, 0.15) is 66.9 Å². The van der Waals surface area contributed by atoms with Gasteiger partial charge in [0.15, 0.2) is 6.10 Å². The summed E-state index contributed by atoms with van der Waals surface area (Å²) in [6.07, 6.45) is -3.61. The van der Waals surface area contributed by atoms with Crippen LogP contribution in [0.25, 0.3) is 33.5 Å². The van der Waals surface area contributed by atoms with E-state index >= 15 is 4.39 Å². The number of carbonyl (C=O) groups is 3. The highest BCUT2D eigenvalue weighted by molar-refractivity contribution is 6.30. The largest absolute Gasteiger partial charge is 0.489 e. The highest BCUT2D eigenvalue weighted by atomic mass is 35.5. The number of amides is 1. The van der Waals surface area contributed by atoms with Crippen LogP contribution in [0.4, 0.5) is 10.1 Å². The Morgan fingerprint density at radius 3 is 2.34 bits per heavy atom. The Morgan fingerprint density at radius 2 is 1.64 bits per heavy atom. The molecule has 2 aliphatic heterocycles. The fourth-order valence-corrected chi connectivity index (χ4v) is 8.20. The fraction of sp³-hybridized carbons (Fsp3) is 0.349. The maximum atomic E-state index is 16.3.